The van der Waals surface area contributed by atoms with Crippen LogP contribution in [0.25, 0.3) is 83.9 Å². The third-order valence-electron chi connectivity index (χ3n) is 9.44. The predicted octanol–water partition coefficient (Wildman–Crippen LogP) is 11.5. The van der Waals surface area contributed by atoms with Gasteiger partial charge in [0.15, 0.2) is 29.1 Å². The highest BCUT2D eigenvalue weighted by atomic mass is 19.2. The Hall–Kier alpha value is -7.30. The molecule has 9 rings (SSSR count). The number of benzene rings is 7. The minimum Gasteiger partial charge on any atom is -0.309 e. The SMILES string of the molecule is N#Cc1cccc(-c2ccc3c(c2)c2ccccc2n3-c2ccc(-c3cccc(F)c3F)cc2-c2nc(-c3ccccc3)nc(-c3ccccc3)n2)c1. The summed E-state index contributed by atoms with van der Waals surface area (Å²) in [5.41, 5.74) is 7.97. The average molecular weight is 688 g/mol. The van der Waals surface area contributed by atoms with E-state index in [2.05, 4.69) is 34.9 Å². The fraction of sp³-hybridized carbons (Fsp3) is 0. The van der Waals surface area contributed by atoms with Crippen molar-refractivity contribution >= 4 is 21.8 Å². The van der Waals surface area contributed by atoms with Gasteiger partial charge in [-0.3, -0.25) is 0 Å². The van der Waals surface area contributed by atoms with E-state index >= 15 is 4.39 Å². The molecule has 0 amide bonds. The van der Waals surface area contributed by atoms with Crippen LogP contribution < -0.4 is 0 Å². The molecule has 250 valence electrons. The average Bonchev–Trinajstić information content (AvgIpc) is 3.55. The molecule has 53 heavy (non-hydrogen) atoms. The summed E-state index contributed by atoms with van der Waals surface area (Å²) in [6, 6.07) is 53.4. The summed E-state index contributed by atoms with van der Waals surface area (Å²) >= 11 is 0. The first-order chi connectivity index (χ1) is 26.1. The van der Waals surface area contributed by atoms with E-state index in [-0.39, 0.29) is 5.56 Å². The monoisotopic (exact) mass is 687 g/mol. The van der Waals surface area contributed by atoms with E-state index in [9.17, 15) is 9.65 Å². The van der Waals surface area contributed by atoms with Crippen molar-refractivity contribution in [2.45, 2.75) is 0 Å². The van der Waals surface area contributed by atoms with Gasteiger partial charge in [-0.1, -0.05) is 115 Å². The Morgan fingerprint density at radius 1 is 0.453 bits per heavy atom. The molecule has 0 aliphatic heterocycles. The van der Waals surface area contributed by atoms with Crippen LogP contribution >= 0.6 is 0 Å². The molecule has 0 fully saturated rings. The van der Waals surface area contributed by atoms with Crippen molar-refractivity contribution in [3.8, 4) is 68.2 Å². The van der Waals surface area contributed by atoms with E-state index in [1.54, 1.807) is 18.2 Å². The molecule has 0 saturated heterocycles. The zero-order valence-electron chi connectivity index (χ0n) is 28.1. The maximum Gasteiger partial charge on any atom is 0.166 e. The van der Waals surface area contributed by atoms with Crippen molar-refractivity contribution in [2.75, 3.05) is 0 Å². The Balaban J connectivity index is 1.34. The number of aromatic nitrogens is 4. The van der Waals surface area contributed by atoms with E-state index in [1.165, 1.54) is 6.07 Å². The first-order valence-electron chi connectivity index (χ1n) is 17.1. The van der Waals surface area contributed by atoms with Crippen LogP contribution in [0.3, 0.4) is 0 Å². The van der Waals surface area contributed by atoms with Crippen molar-refractivity contribution in [1.29, 1.82) is 5.26 Å². The number of fused-ring (bicyclic) bond motifs is 3. The number of hydrogen-bond acceptors (Lipinski definition) is 4. The van der Waals surface area contributed by atoms with Gasteiger partial charge in [0, 0.05) is 33.0 Å². The number of hydrogen-bond donors (Lipinski definition) is 0. The second-order valence-corrected chi connectivity index (χ2v) is 12.6. The molecule has 0 bridgehead atoms. The minimum absolute atomic E-state index is 0.130. The van der Waals surface area contributed by atoms with Crippen LogP contribution in [0.5, 0.6) is 0 Å². The van der Waals surface area contributed by atoms with E-state index in [1.807, 2.05) is 109 Å². The molecule has 0 atom stereocenters. The normalized spacial score (nSPS) is 11.2. The summed E-state index contributed by atoms with van der Waals surface area (Å²) in [7, 11) is 0. The lowest BCUT2D eigenvalue weighted by Crippen LogP contribution is -2.04. The van der Waals surface area contributed by atoms with Crippen LogP contribution in [-0.2, 0) is 0 Å². The molecule has 7 heteroatoms. The van der Waals surface area contributed by atoms with Gasteiger partial charge in [-0.15, -0.1) is 0 Å². The van der Waals surface area contributed by atoms with Gasteiger partial charge in [-0.25, -0.2) is 23.7 Å². The third-order valence-corrected chi connectivity index (χ3v) is 9.44. The quantitative estimate of drug-likeness (QED) is 0.174. The Morgan fingerprint density at radius 3 is 1.79 bits per heavy atom. The molecule has 0 spiro atoms. The smallest absolute Gasteiger partial charge is 0.166 e. The van der Waals surface area contributed by atoms with Crippen molar-refractivity contribution in [3.63, 3.8) is 0 Å². The van der Waals surface area contributed by atoms with Crippen molar-refractivity contribution in [1.82, 2.24) is 19.5 Å². The molecular weight excluding hydrogens is 661 g/mol. The number of nitrogens with zero attached hydrogens (tertiary/aromatic N) is 5. The third kappa shape index (κ3) is 5.69. The Bertz CT molecular complexity index is 2820. The fourth-order valence-electron chi connectivity index (χ4n) is 6.91. The second-order valence-electron chi connectivity index (χ2n) is 12.6. The molecule has 2 aromatic heterocycles. The standard InChI is InChI=1S/C46H27F2N5/c47-39-19-10-18-35(43(39)48)34-22-24-42(38(27-34)46-51-44(30-12-3-1-4-13-30)50-45(52-46)31-14-5-2-6-15-31)53-40-20-8-7-17-36(40)37-26-33(21-23-41(37)53)32-16-9-11-29(25-32)28-49/h1-27H. The van der Waals surface area contributed by atoms with Crippen LogP contribution in [0.4, 0.5) is 8.78 Å². The molecule has 0 saturated carbocycles. The maximum atomic E-state index is 15.4. The van der Waals surface area contributed by atoms with E-state index in [0.717, 1.165) is 55.8 Å². The van der Waals surface area contributed by atoms with Gasteiger partial charge in [-0.05, 0) is 65.2 Å². The zero-order chi connectivity index (χ0) is 35.9. The summed E-state index contributed by atoms with van der Waals surface area (Å²) in [4.78, 5) is 15.0. The summed E-state index contributed by atoms with van der Waals surface area (Å²) in [5.74, 6) is -0.517. The summed E-state index contributed by atoms with van der Waals surface area (Å²) in [6.45, 7) is 0. The van der Waals surface area contributed by atoms with E-state index < -0.39 is 11.6 Å². The first-order valence-corrected chi connectivity index (χ1v) is 17.1. The van der Waals surface area contributed by atoms with Crippen LogP contribution in [0, 0.1) is 23.0 Å². The van der Waals surface area contributed by atoms with Gasteiger partial charge < -0.3 is 4.57 Å². The molecule has 7 aromatic carbocycles. The van der Waals surface area contributed by atoms with Crippen LogP contribution in [0.1, 0.15) is 5.56 Å². The lowest BCUT2D eigenvalue weighted by molar-refractivity contribution is 0.511. The molecule has 0 aliphatic carbocycles. The van der Waals surface area contributed by atoms with Gasteiger partial charge in [0.05, 0.1) is 28.4 Å². The molecule has 0 radical (unpaired) electrons. The van der Waals surface area contributed by atoms with Crippen molar-refractivity contribution in [3.05, 3.63) is 181 Å². The number of rotatable bonds is 6. The molecule has 0 N–H and O–H groups in total. The zero-order valence-corrected chi connectivity index (χ0v) is 28.1. The first kappa shape index (κ1) is 31.7. The topological polar surface area (TPSA) is 67.4 Å². The maximum absolute atomic E-state index is 15.4. The van der Waals surface area contributed by atoms with E-state index in [0.29, 0.717) is 34.2 Å². The lowest BCUT2D eigenvalue weighted by Gasteiger charge is -2.16. The largest absolute Gasteiger partial charge is 0.309 e. The van der Waals surface area contributed by atoms with Crippen LogP contribution in [0.2, 0.25) is 0 Å². The van der Waals surface area contributed by atoms with Crippen molar-refractivity contribution in [2.24, 2.45) is 0 Å². The number of nitriles is 1. The van der Waals surface area contributed by atoms with Gasteiger partial charge in [0.25, 0.3) is 0 Å². The molecule has 0 aliphatic rings. The Kier molecular flexibility index (Phi) is 7.83. The second kappa shape index (κ2) is 13.1. The molecular formula is C46H27F2N5. The van der Waals surface area contributed by atoms with Gasteiger partial charge >= 0.3 is 0 Å². The van der Waals surface area contributed by atoms with Crippen molar-refractivity contribution < 1.29 is 8.78 Å². The molecule has 2 heterocycles. The van der Waals surface area contributed by atoms with Gasteiger partial charge in [0.2, 0.25) is 0 Å². The summed E-state index contributed by atoms with van der Waals surface area (Å²) in [5, 5.41) is 11.6. The summed E-state index contributed by atoms with van der Waals surface area (Å²) < 4.78 is 32.1. The Morgan fingerprint density at radius 2 is 1.06 bits per heavy atom. The van der Waals surface area contributed by atoms with Crippen LogP contribution in [0.15, 0.2) is 164 Å². The predicted molar refractivity (Wildman–Crippen MR) is 206 cm³/mol. The molecule has 5 nitrogen and oxygen atoms in total. The van der Waals surface area contributed by atoms with Gasteiger partial charge in [0.1, 0.15) is 0 Å². The lowest BCUT2D eigenvalue weighted by atomic mass is 10.00. The summed E-state index contributed by atoms with van der Waals surface area (Å²) in [6.07, 6.45) is 0. The fourth-order valence-corrected chi connectivity index (χ4v) is 6.91. The highest BCUT2D eigenvalue weighted by Crippen LogP contribution is 2.40. The minimum atomic E-state index is -0.929. The number of halogens is 2. The molecule has 9 aromatic rings. The molecule has 0 unspecified atom stereocenters. The number of para-hydroxylation sites is 1. The van der Waals surface area contributed by atoms with E-state index in [4.69, 9.17) is 15.0 Å². The van der Waals surface area contributed by atoms with Crippen LogP contribution in [-0.4, -0.2) is 19.5 Å². The highest BCUT2D eigenvalue weighted by Gasteiger charge is 2.21. The van der Waals surface area contributed by atoms with Gasteiger partial charge in [-0.2, -0.15) is 5.26 Å². The Labute approximate surface area is 303 Å². The highest BCUT2D eigenvalue weighted by molar-refractivity contribution is 6.11.